The van der Waals surface area contributed by atoms with Crippen LogP contribution in [0.1, 0.15) is 5.69 Å². The van der Waals surface area contributed by atoms with Gasteiger partial charge in [-0.1, -0.05) is 11.6 Å². The quantitative estimate of drug-likeness (QED) is 0.740. The van der Waals surface area contributed by atoms with Crippen LogP contribution in [-0.2, 0) is 0 Å². The van der Waals surface area contributed by atoms with Gasteiger partial charge in [-0.05, 0) is 30.5 Å². The average molecular weight is 276 g/mol. The molecule has 5 nitrogen and oxygen atoms in total. The summed E-state index contributed by atoms with van der Waals surface area (Å²) in [6.45, 7) is 1.78. The number of nitrogens with zero attached hydrogens (tertiary/aromatic N) is 2. The third kappa shape index (κ3) is 1.88. The summed E-state index contributed by atoms with van der Waals surface area (Å²) in [5.74, 6) is -0.0491. The molecular formula is C13H10ClN3O2. The maximum Gasteiger partial charge on any atom is 0.423 e. The fourth-order valence-corrected chi connectivity index (χ4v) is 2.31. The van der Waals surface area contributed by atoms with E-state index in [-0.39, 0.29) is 0 Å². The number of nitrogen functional groups attached to an aromatic ring is 1. The van der Waals surface area contributed by atoms with Gasteiger partial charge in [0.25, 0.3) is 0 Å². The van der Waals surface area contributed by atoms with E-state index in [4.69, 9.17) is 21.8 Å². The molecule has 0 saturated heterocycles. The zero-order valence-corrected chi connectivity index (χ0v) is 10.8. The Morgan fingerprint density at radius 3 is 2.84 bits per heavy atom. The first-order valence-electron chi connectivity index (χ1n) is 5.58. The second-order valence-corrected chi connectivity index (χ2v) is 4.64. The molecule has 0 aliphatic rings. The summed E-state index contributed by atoms with van der Waals surface area (Å²) in [5.41, 5.74) is 7.00. The van der Waals surface area contributed by atoms with Gasteiger partial charge in [0.05, 0.1) is 16.4 Å². The van der Waals surface area contributed by atoms with Crippen molar-refractivity contribution in [2.24, 2.45) is 0 Å². The predicted octanol–water partition coefficient (Wildman–Crippen LogP) is 2.52. The molecule has 2 N–H and O–H groups in total. The van der Waals surface area contributed by atoms with E-state index in [0.29, 0.717) is 22.2 Å². The number of benzene rings is 1. The second kappa shape index (κ2) is 4.13. The van der Waals surface area contributed by atoms with Crippen molar-refractivity contribution in [1.82, 2.24) is 9.55 Å². The van der Waals surface area contributed by atoms with Crippen LogP contribution >= 0.6 is 11.6 Å². The molecular weight excluding hydrogens is 266 g/mol. The van der Waals surface area contributed by atoms with E-state index in [2.05, 4.69) is 4.98 Å². The van der Waals surface area contributed by atoms with Crippen LogP contribution in [0.3, 0.4) is 0 Å². The van der Waals surface area contributed by atoms with Gasteiger partial charge < -0.3 is 10.2 Å². The van der Waals surface area contributed by atoms with Crippen molar-refractivity contribution in [2.75, 3.05) is 5.73 Å². The molecule has 3 rings (SSSR count). The summed E-state index contributed by atoms with van der Waals surface area (Å²) in [5, 5.41) is 2.11. The van der Waals surface area contributed by atoms with E-state index in [1.54, 1.807) is 25.3 Å². The molecule has 0 atom stereocenters. The van der Waals surface area contributed by atoms with E-state index in [9.17, 15) is 4.79 Å². The van der Waals surface area contributed by atoms with Crippen LogP contribution in [0.4, 0.5) is 5.82 Å². The number of pyridine rings is 1. The minimum Gasteiger partial charge on any atom is -0.416 e. The molecule has 0 amide bonds. The predicted molar refractivity (Wildman–Crippen MR) is 73.8 cm³/mol. The highest BCUT2D eigenvalue weighted by Gasteiger charge is 2.10. The lowest BCUT2D eigenvalue weighted by Crippen LogP contribution is -2.13. The van der Waals surface area contributed by atoms with Gasteiger partial charge in [-0.25, -0.2) is 14.3 Å². The summed E-state index contributed by atoms with van der Waals surface area (Å²) >= 11 is 6.21. The third-order valence-electron chi connectivity index (χ3n) is 2.92. The molecule has 0 spiro atoms. The lowest BCUT2D eigenvalue weighted by atomic mass is 10.1. The van der Waals surface area contributed by atoms with E-state index >= 15 is 0 Å². The lowest BCUT2D eigenvalue weighted by Gasteiger charge is -2.07. The first kappa shape index (κ1) is 11.8. The van der Waals surface area contributed by atoms with Crippen molar-refractivity contribution in [2.45, 2.75) is 6.92 Å². The van der Waals surface area contributed by atoms with E-state index < -0.39 is 5.76 Å². The zero-order valence-electron chi connectivity index (χ0n) is 10.1. The Kier molecular flexibility index (Phi) is 2.57. The highest BCUT2D eigenvalue weighted by Crippen LogP contribution is 2.27. The first-order chi connectivity index (χ1) is 9.06. The Bertz CT molecular complexity index is 836. The standard InChI is InChI=1S/C13H10ClN3O2/c1-7-6-19-13(18)17(7)9-2-8-3-12(15)16-5-10(8)11(14)4-9/h2-6H,1H3,(H2,15,16). The van der Waals surface area contributed by atoms with Crippen molar-refractivity contribution in [3.8, 4) is 5.69 Å². The average Bonchev–Trinajstić information content (AvgIpc) is 2.68. The minimum atomic E-state index is -0.449. The van der Waals surface area contributed by atoms with Crippen LogP contribution in [0.5, 0.6) is 0 Å². The van der Waals surface area contributed by atoms with Crippen molar-refractivity contribution in [3.05, 3.63) is 51.9 Å². The Balaban J connectivity index is 2.35. The number of halogens is 1. The summed E-state index contributed by atoms with van der Waals surface area (Å²) in [6, 6.07) is 5.24. The largest absolute Gasteiger partial charge is 0.423 e. The van der Waals surface area contributed by atoms with Crippen molar-refractivity contribution < 1.29 is 4.42 Å². The first-order valence-corrected chi connectivity index (χ1v) is 5.96. The maximum absolute atomic E-state index is 11.7. The van der Waals surface area contributed by atoms with Crippen LogP contribution in [0.2, 0.25) is 5.02 Å². The number of aryl methyl sites for hydroxylation is 1. The molecule has 0 saturated carbocycles. The molecule has 3 aromatic rings. The second-order valence-electron chi connectivity index (χ2n) is 4.24. The van der Waals surface area contributed by atoms with Gasteiger partial charge in [-0.15, -0.1) is 0 Å². The van der Waals surface area contributed by atoms with Gasteiger partial charge in [0.1, 0.15) is 12.1 Å². The SMILES string of the molecule is Cc1coc(=O)n1-c1cc(Cl)c2cnc(N)cc2c1. The van der Waals surface area contributed by atoms with Crippen LogP contribution < -0.4 is 11.5 Å². The fraction of sp³-hybridized carbons (Fsp3) is 0.0769. The van der Waals surface area contributed by atoms with E-state index in [1.165, 1.54) is 10.8 Å². The Labute approximate surface area is 113 Å². The molecule has 0 aliphatic carbocycles. The van der Waals surface area contributed by atoms with Crippen LogP contribution in [0.15, 0.2) is 39.9 Å². The molecule has 0 bridgehead atoms. The summed E-state index contributed by atoms with van der Waals surface area (Å²) in [7, 11) is 0. The molecule has 0 fully saturated rings. The molecule has 0 radical (unpaired) electrons. The molecule has 0 unspecified atom stereocenters. The minimum absolute atomic E-state index is 0.400. The number of rotatable bonds is 1. The Hall–Kier alpha value is -2.27. The van der Waals surface area contributed by atoms with Crippen molar-refractivity contribution in [1.29, 1.82) is 0 Å². The van der Waals surface area contributed by atoms with E-state index in [1.807, 2.05) is 6.07 Å². The topological polar surface area (TPSA) is 74.0 Å². The molecule has 19 heavy (non-hydrogen) atoms. The Morgan fingerprint density at radius 1 is 1.37 bits per heavy atom. The number of fused-ring (bicyclic) bond motifs is 1. The number of aromatic nitrogens is 2. The highest BCUT2D eigenvalue weighted by molar-refractivity contribution is 6.35. The van der Waals surface area contributed by atoms with Crippen molar-refractivity contribution >= 4 is 28.2 Å². The monoisotopic (exact) mass is 275 g/mol. The van der Waals surface area contributed by atoms with Crippen LogP contribution in [0.25, 0.3) is 16.5 Å². The molecule has 96 valence electrons. The number of oxazole rings is 1. The fourth-order valence-electron chi connectivity index (χ4n) is 2.04. The van der Waals surface area contributed by atoms with Gasteiger partial charge in [-0.3, -0.25) is 0 Å². The van der Waals surface area contributed by atoms with Gasteiger partial charge in [0.2, 0.25) is 0 Å². The van der Waals surface area contributed by atoms with Crippen molar-refractivity contribution in [3.63, 3.8) is 0 Å². The molecule has 0 aliphatic heterocycles. The van der Waals surface area contributed by atoms with Gasteiger partial charge in [-0.2, -0.15) is 0 Å². The number of anilines is 1. The number of hydrogen-bond acceptors (Lipinski definition) is 4. The molecule has 2 heterocycles. The smallest absolute Gasteiger partial charge is 0.416 e. The number of hydrogen-bond donors (Lipinski definition) is 1. The summed E-state index contributed by atoms with van der Waals surface area (Å²) < 4.78 is 6.30. The van der Waals surface area contributed by atoms with Crippen LogP contribution in [0, 0.1) is 6.92 Å². The van der Waals surface area contributed by atoms with Gasteiger partial charge in [0.15, 0.2) is 0 Å². The third-order valence-corrected chi connectivity index (χ3v) is 3.23. The highest BCUT2D eigenvalue weighted by atomic mass is 35.5. The van der Waals surface area contributed by atoms with Gasteiger partial charge >= 0.3 is 5.76 Å². The summed E-state index contributed by atoms with van der Waals surface area (Å²) in [6.07, 6.45) is 3.02. The normalized spacial score (nSPS) is 11.1. The zero-order chi connectivity index (χ0) is 13.6. The van der Waals surface area contributed by atoms with Crippen LogP contribution in [-0.4, -0.2) is 9.55 Å². The molecule has 1 aromatic carbocycles. The maximum atomic E-state index is 11.7. The number of nitrogens with two attached hydrogens (primary N) is 1. The van der Waals surface area contributed by atoms with Gasteiger partial charge in [0, 0.05) is 11.6 Å². The molecule has 6 heteroatoms. The lowest BCUT2D eigenvalue weighted by molar-refractivity contribution is 0.504. The summed E-state index contributed by atoms with van der Waals surface area (Å²) in [4.78, 5) is 15.7. The van der Waals surface area contributed by atoms with E-state index in [0.717, 1.165) is 10.8 Å². The molecule has 2 aromatic heterocycles. The Morgan fingerprint density at radius 2 is 2.16 bits per heavy atom.